The molecule has 0 atom stereocenters. The molecule has 1 aromatic heterocycles. The van der Waals surface area contributed by atoms with Crippen molar-refractivity contribution >= 4 is 34.6 Å². The van der Waals surface area contributed by atoms with Crippen LogP contribution < -0.4 is 15.0 Å². The molecule has 4 rings (SSSR count). The Bertz CT molecular complexity index is 1060. The summed E-state index contributed by atoms with van der Waals surface area (Å²) in [4.78, 5) is 33.9. The van der Waals surface area contributed by atoms with E-state index in [0.717, 1.165) is 11.1 Å². The molecule has 0 radical (unpaired) electrons. The van der Waals surface area contributed by atoms with Crippen molar-refractivity contribution < 1.29 is 18.7 Å². The number of rotatable bonds is 7. The van der Waals surface area contributed by atoms with E-state index in [-0.39, 0.29) is 24.3 Å². The number of ether oxygens (including phenoxy) is 1. The highest BCUT2D eigenvalue weighted by atomic mass is 16.5. The summed E-state index contributed by atoms with van der Waals surface area (Å²) in [6.45, 7) is 3.76. The second kappa shape index (κ2) is 9.72. The van der Waals surface area contributed by atoms with Gasteiger partial charge in [-0.15, -0.1) is 0 Å². The number of hydrogen-bond donors (Lipinski definition) is 1. The number of amides is 2. The van der Waals surface area contributed by atoms with Gasteiger partial charge in [0.2, 0.25) is 11.8 Å². The molecule has 168 valence electrons. The largest absolute Gasteiger partial charge is 0.495 e. The van der Waals surface area contributed by atoms with Crippen molar-refractivity contribution in [3.8, 4) is 5.75 Å². The average Bonchev–Trinajstić information content (AvgIpc) is 3.27. The lowest BCUT2D eigenvalue weighted by Gasteiger charge is -2.33. The van der Waals surface area contributed by atoms with Crippen molar-refractivity contribution in [2.45, 2.75) is 19.8 Å². The van der Waals surface area contributed by atoms with Crippen LogP contribution in [0.4, 0.5) is 11.7 Å². The monoisotopic (exact) mass is 436 g/mol. The number of nitrogens with one attached hydrogen (secondary N) is 1. The molecular weight excluding hydrogens is 408 g/mol. The third kappa shape index (κ3) is 4.69. The second-order valence-electron chi connectivity index (χ2n) is 7.83. The Morgan fingerprint density at radius 3 is 2.59 bits per heavy atom. The number of aromatic nitrogens is 1. The molecule has 0 aliphatic carbocycles. The van der Waals surface area contributed by atoms with E-state index in [1.54, 1.807) is 24.1 Å². The maximum atomic E-state index is 13.1. The van der Waals surface area contributed by atoms with Crippen LogP contribution in [-0.2, 0) is 9.59 Å². The fourth-order valence-electron chi connectivity index (χ4n) is 4.03. The molecule has 2 aromatic carbocycles. The van der Waals surface area contributed by atoms with Crippen molar-refractivity contribution in [2.24, 2.45) is 5.92 Å². The lowest BCUT2D eigenvalue weighted by Crippen LogP contribution is -2.45. The molecule has 8 nitrogen and oxygen atoms in total. The Labute approximate surface area is 187 Å². The minimum Gasteiger partial charge on any atom is -0.495 e. The van der Waals surface area contributed by atoms with E-state index in [1.807, 2.05) is 43.3 Å². The van der Waals surface area contributed by atoms with Gasteiger partial charge in [0.05, 0.1) is 19.3 Å². The van der Waals surface area contributed by atoms with Crippen molar-refractivity contribution in [1.82, 2.24) is 9.88 Å². The highest BCUT2D eigenvalue weighted by Gasteiger charge is 2.30. The van der Waals surface area contributed by atoms with Gasteiger partial charge in [0.15, 0.2) is 5.58 Å². The zero-order valence-electron chi connectivity index (χ0n) is 18.4. The number of anilines is 2. The fourth-order valence-corrected chi connectivity index (χ4v) is 4.03. The molecule has 0 saturated carbocycles. The predicted octanol–water partition coefficient (Wildman–Crippen LogP) is 3.54. The summed E-state index contributed by atoms with van der Waals surface area (Å²) in [6, 6.07) is 15.5. The van der Waals surface area contributed by atoms with Crippen LogP contribution >= 0.6 is 0 Å². The normalized spacial score (nSPS) is 14.4. The van der Waals surface area contributed by atoms with Gasteiger partial charge in [0.25, 0.3) is 6.01 Å². The van der Waals surface area contributed by atoms with Crippen molar-refractivity contribution in [2.75, 3.05) is 43.5 Å². The van der Waals surface area contributed by atoms with Crippen molar-refractivity contribution in [3.63, 3.8) is 0 Å². The minimum absolute atomic E-state index is 0.0126. The van der Waals surface area contributed by atoms with Gasteiger partial charge >= 0.3 is 0 Å². The molecule has 1 N–H and O–H groups in total. The van der Waals surface area contributed by atoms with E-state index in [0.29, 0.717) is 49.9 Å². The first-order valence-corrected chi connectivity index (χ1v) is 10.9. The molecule has 2 amide bonds. The minimum atomic E-state index is -0.242. The molecule has 1 fully saturated rings. The second-order valence-corrected chi connectivity index (χ2v) is 7.83. The Morgan fingerprint density at radius 2 is 1.88 bits per heavy atom. The third-order valence-electron chi connectivity index (χ3n) is 5.81. The van der Waals surface area contributed by atoms with Gasteiger partial charge in [0, 0.05) is 25.6 Å². The van der Waals surface area contributed by atoms with Crippen LogP contribution in [0.25, 0.3) is 11.1 Å². The van der Waals surface area contributed by atoms with E-state index in [2.05, 4.69) is 15.2 Å². The van der Waals surface area contributed by atoms with Crippen LogP contribution in [0.3, 0.4) is 0 Å². The maximum absolute atomic E-state index is 13.1. The Morgan fingerprint density at radius 1 is 1.16 bits per heavy atom. The number of carbonyl (C=O) groups excluding carboxylic acids is 2. The topological polar surface area (TPSA) is 87.9 Å². The van der Waals surface area contributed by atoms with Crippen molar-refractivity contribution in [3.05, 3.63) is 48.5 Å². The SMILES string of the molecule is CCN(CC(=O)Nc1ccccc1OC)C(=O)C1CCN(c2nc3ccccc3o2)CC1. The van der Waals surface area contributed by atoms with Crippen LogP contribution in [0, 0.1) is 5.92 Å². The van der Waals surface area contributed by atoms with Gasteiger partial charge in [-0.05, 0) is 44.0 Å². The van der Waals surface area contributed by atoms with E-state index < -0.39 is 0 Å². The van der Waals surface area contributed by atoms with Crippen LogP contribution in [-0.4, -0.2) is 55.0 Å². The standard InChI is InChI=1S/C24H28N4O4/c1-3-27(16-22(29)25-18-8-4-6-10-20(18)31-2)23(30)17-12-14-28(15-13-17)24-26-19-9-5-7-11-21(19)32-24/h4-11,17H,3,12-16H2,1-2H3,(H,25,29). The molecule has 1 aliphatic heterocycles. The molecule has 0 spiro atoms. The molecule has 0 bridgehead atoms. The van der Waals surface area contributed by atoms with Gasteiger partial charge < -0.3 is 24.3 Å². The van der Waals surface area contributed by atoms with E-state index in [1.165, 1.54) is 0 Å². The van der Waals surface area contributed by atoms with Gasteiger partial charge in [-0.2, -0.15) is 4.98 Å². The quantitative estimate of drug-likeness (QED) is 0.610. The van der Waals surface area contributed by atoms with Crippen LogP contribution in [0.1, 0.15) is 19.8 Å². The zero-order valence-corrected chi connectivity index (χ0v) is 18.4. The lowest BCUT2D eigenvalue weighted by molar-refractivity contribution is -0.138. The van der Waals surface area contributed by atoms with E-state index >= 15 is 0 Å². The summed E-state index contributed by atoms with van der Waals surface area (Å²) in [5.41, 5.74) is 2.19. The van der Waals surface area contributed by atoms with E-state index in [4.69, 9.17) is 9.15 Å². The summed E-state index contributed by atoms with van der Waals surface area (Å²) in [5, 5.41) is 2.84. The summed E-state index contributed by atoms with van der Waals surface area (Å²) >= 11 is 0. The van der Waals surface area contributed by atoms with E-state index in [9.17, 15) is 9.59 Å². The summed E-state index contributed by atoms with van der Waals surface area (Å²) < 4.78 is 11.1. The summed E-state index contributed by atoms with van der Waals surface area (Å²) in [6.07, 6.45) is 1.39. The smallest absolute Gasteiger partial charge is 0.298 e. The maximum Gasteiger partial charge on any atom is 0.298 e. The van der Waals surface area contributed by atoms with Gasteiger partial charge in [-0.3, -0.25) is 9.59 Å². The lowest BCUT2D eigenvalue weighted by atomic mass is 9.95. The van der Waals surface area contributed by atoms with Crippen molar-refractivity contribution in [1.29, 1.82) is 0 Å². The number of benzene rings is 2. The molecule has 8 heteroatoms. The number of carbonyl (C=O) groups is 2. The first kappa shape index (κ1) is 21.7. The number of methoxy groups -OCH3 is 1. The first-order valence-electron chi connectivity index (χ1n) is 10.9. The highest BCUT2D eigenvalue weighted by molar-refractivity contribution is 5.96. The van der Waals surface area contributed by atoms with Crippen LogP contribution in [0.2, 0.25) is 0 Å². The van der Waals surface area contributed by atoms with Gasteiger partial charge in [0.1, 0.15) is 11.3 Å². The van der Waals surface area contributed by atoms with Gasteiger partial charge in [-0.1, -0.05) is 24.3 Å². The number of piperidine rings is 1. The molecule has 3 aromatic rings. The third-order valence-corrected chi connectivity index (χ3v) is 5.81. The average molecular weight is 437 g/mol. The fraction of sp³-hybridized carbons (Fsp3) is 0.375. The predicted molar refractivity (Wildman–Crippen MR) is 123 cm³/mol. The summed E-state index contributed by atoms with van der Waals surface area (Å²) in [7, 11) is 1.56. The molecular formula is C24H28N4O4. The first-order chi connectivity index (χ1) is 15.6. The summed E-state index contributed by atoms with van der Waals surface area (Å²) in [5.74, 6) is 0.241. The number of oxazole rings is 1. The zero-order chi connectivity index (χ0) is 22.5. The molecule has 32 heavy (non-hydrogen) atoms. The Hall–Kier alpha value is -3.55. The molecule has 1 aliphatic rings. The molecule has 2 heterocycles. The Kier molecular flexibility index (Phi) is 6.58. The van der Waals surface area contributed by atoms with Crippen LogP contribution in [0.5, 0.6) is 5.75 Å². The molecule has 1 saturated heterocycles. The Balaban J connectivity index is 1.33. The number of para-hydroxylation sites is 4. The number of likely N-dealkylation sites (N-methyl/N-ethyl adjacent to an activating group) is 1. The number of hydrogen-bond acceptors (Lipinski definition) is 6. The number of nitrogens with zero attached hydrogens (tertiary/aromatic N) is 3. The number of fused-ring (bicyclic) bond motifs is 1. The van der Waals surface area contributed by atoms with Crippen LogP contribution in [0.15, 0.2) is 52.9 Å². The van der Waals surface area contributed by atoms with Gasteiger partial charge in [-0.25, -0.2) is 0 Å². The highest BCUT2D eigenvalue weighted by Crippen LogP contribution is 2.27. The molecule has 0 unspecified atom stereocenters.